The van der Waals surface area contributed by atoms with Gasteiger partial charge in [-0.05, 0) is 49.6 Å². The van der Waals surface area contributed by atoms with Crippen LogP contribution in [-0.2, 0) is 21.3 Å². The average Bonchev–Trinajstić information content (AvgIpc) is 3.33. The fourth-order valence-electron chi connectivity index (χ4n) is 4.14. The van der Waals surface area contributed by atoms with E-state index in [1.54, 1.807) is 37.3 Å². The molecule has 0 bridgehead atoms. The summed E-state index contributed by atoms with van der Waals surface area (Å²) in [5, 5.41) is 1.02. The molecule has 1 aromatic heterocycles. The maximum absolute atomic E-state index is 13.7. The third kappa shape index (κ3) is 4.93. The summed E-state index contributed by atoms with van der Waals surface area (Å²) in [5.74, 6) is 0.990. The van der Waals surface area contributed by atoms with Crippen LogP contribution in [0.5, 0.6) is 11.5 Å². The molecule has 3 aromatic rings. The first-order valence-electron chi connectivity index (χ1n) is 10.9. The molecule has 1 N–H and O–H groups in total. The van der Waals surface area contributed by atoms with Crippen LogP contribution >= 0.6 is 11.6 Å². The number of aryl methyl sites for hydroxylation is 1. The number of ether oxygens (including phenoxy) is 3. The molecule has 2 heterocycles. The summed E-state index contributed by atoms with van der Waals surface area (Å²) in [7, 11) is -0.919. The van der Waals surface area contributed by atoms with Gasteiger partial charge in [-0.15, -0.1) is 0 Å². The number of benzene rings is 2. The molecule has 10 heteroatoms. The first-order valence-corrected chi connectivity index (χ1v) is 12.7. The van der Waals surface area contributed by atoms with E-state index in [0.717, 1.165) is 12.8 Å². The maximum Gasteiger partial charge on any atom is 0.252 e. The van der Waals surface area contributed by atoms with Crippen molar-refractivity contribution in [1.29, 1.82) is 0 Å². The molecule has 1 aliphatic rings. The second-order valence-corrected chi connectivity index (χ2v) is 10.6. The van der Waals surface area contributed by atoms with Gasteiger partial charge in [0.2, 0.25) is 10.0 Å². The lowest BCUT2D eigenvalue weighted by molar-refractivity contribution is 0.0925. The normalized spacial score (nSPS) is 16.3. The zero-order valence-electron chi connectivity index (χ0n) is 19.3. The number of rotatable bonds is 8. The third-order valence-corrected chi connectivity index (χ3v) is 8.16. The van der Waals surface area contributed by atoms with Crippen LogP contribution in [0.1, 0.15) is 24.0 Å². The van der Waals surface area contributed by atoms with Crippen molar-refractivity contribution in [2.45, 2.75) is 37.3 Å². The Morgan fingerprint density at radius 2 is 1.88 bits per heavy atom. The number of pyridine rings is 1. The van der Waals surface area contributed by atoms with E-state index in [2.05, 4.69) is 4.98 Å². The Hall–Kier alpha value is -2.59. The fourth-order valence-corrected chi connectivity index (χ4v) is 6.08. The van der Waals surface area contributed by atoms with Crippen LogP contribution in [0.2, 0.25) is 5.02 Å². The van der Waals surface area contributed by atoms with Crippen molar-refractivity contribution in [3.63, 3.8) is 0 Å². The number of nitrogens with one attached hydrogen (secondary N) is 1. The second kappa shape index (κ2) is 9.95. The maximum atomic E-state index is 13.7. The number of H-pyrrole nitrogens is 1. The number of halogens is 1. The second-order valence-electron chi connectivity index (χ2n) is 8.26. The number of fused-ring (bicyclic) bond motifs is 1. The quantitative estimate of drug-likeness (QED) is 0.498. The summed E-state index contributed by atoms with van der Waals surface area (Å²) in [6.45, 7) is 2.33. The van der Waals surface area contributed by atoms with Gasteiger partial charge in [0.15, 0.2) is 11.5 Å². The average molecular weight is 507 g/mol. The van der Waals surface area contributed by atoms with Crippen molar-refractivity contribution in [3.05, 3.63) is 62.9 Å². The number of methoxy groups -OCH3 is 2. The third-order valence-electron chi connectivity index (χ3n) is 5.97. The van der Waals surface area contributed by atoms with Crippen molar-refractivity contribution in [1.82, 2.24) is 9.29 Å². The van der Waals surface area contributed by atoms with Crippen molar-refractivity contribution >= 4 is 32.5 Å². The highest BCUT2D eigenvalue weighted by Gasteiger charge is 2.31. The highest BCUT2D eigenvalue weighted by molar-refractivity contribution is 7.89. The highest BCUT2D eigenvalue weighted by atomic mass is 35.5. The summed E-state index contributed by atoms with van der Waals surface area (Å²) in [6.07, 6.45) is 1.39. The Kier molecular flexibility index (Phi) is 7.18. The lowest BCUT2D eigenvalue weighted by Crippen LogP contribution is -2.38. The van der Waals surface area contributed by atoms with E-state index < -0.39 is 10.0 Å². The van der Waals surface area contributed by atoms with Gasteiger partial charge in [-0.25, -0.2) is 8.42 Å². The summed E-state index contributed by atoms with van der Waals surface area (Å²) in [4.78, 5) is 15.9. The van der Waals surface area contributed by atoms with Crippen LogP contribution in [0.15, 0.2) is 46.1 Å². The molecule has 0 radical (unpaired) electrons. The molecule has 1 saturated heterocycles. The van der Waals surface area contributed by atoms with Crippen LogP contribution in [0, 0.1) is 6.92 Å². The van der Waals surface area contributed by atoms with E-state index in [9.17, 15) is 13.2 Å². The summed E-state index contributed by atoms with van der Waals surface area (Å²) >= 11 is 6.12. The molecule has 1 unspecified atom stereocenters. The van der Waals surface area contributed by atoms with Gasteiger partial charge in [0.1, 0.15) is 0 Å². The van der Waals surface area contributed by atoms with Crippen LogP contribution < -0.4 is 15.0 Å². The van der Waals surface area contributed by atoms with E-state index >= 15 is 0 Å². The molecule has 1 atom stereocenters. The molecule has 2 aromatic carbocycles. The fraction of sp³-hybridized carbons (Fsp3) is 0.375. The molecule has 1 aliphatic heterocycles. The molecule has 4 rings (SSSR count). The van der Waals surface area contributed by atoms with Crippen molar-refractivity contribution < 1.29 is 22.6 Å². The minimum atomic E-state index is -3.96. The first-order chi connectivity index (χ1) is 16.2. The highest BCUT2D eigenvalue weighted by Crippen LogP contribution is 2.32. The molecule has 34 heavy (non-hydrogen) atoms. The zero-order valence-corrected chi connectivity index (χ0v) is 20.8. The molecule has 8 nitrogen and oxygen atoms in total. The number of nitrogens with zero attached hydrogens (tertiary/aromatic N) is 1. The number of hydrogen-bond donors (Lipinski definition) is 1. The topological polar surface area (TPSA) is 97.9 Å². The van der Waals surface area contributed by atoms with E-state index in [0.29, 0.717) is 45.2 Å². The van der Waals surface area contributed by atoms with Gasteiger partial charge in [-0.2, -0.15) is 4.31 Å². The molecular formula is C24H27ClN2O6S. The van der Waals surface area contributed by atoms with Crippen LogP contribution in [-0.4, -0.2) is 51.2 Å². The molecule has 0 amide bonds. The van der Waals surface area contributed by atoms with E-state index in [-0.39, 0.29) is 29.6 Å². The Labute approximate surface area is 203 Å². The van der Waals surface area contributed by atoms with Gasteiger partial charge in [0.25, 0.3) is 5.56 Å². The number of aromatic amines is 1. The van der Waals surface area contributed by atoms with Gasteiger partial charge in [-0.1, -0.05) is 17.7 Å². The zero-order chi connectivity index (χ0) is 24.5. The lowest BCUT2D eigenvalue weighted by atomic mass is 10.1. The van der Waals surface area contributed by atoms with Crippen molar-refractivity contribution in [3.8, 4) is 11.5 Å². The molecule has 0 spiro atoms. The van der Waals surface area contributed by atoms with Gasteiger partial charge in [0, 0.05) is 41.7 Å². The van der Waals surface area contributed by atoms with Gasteiger partial charge >= 0.3 is 0 Å². The standard InChI is InChI=1S/C24H27ClN2O6S/c1-15-6-7-18(25)11-23(15)34(29,30)27(14-19-5-4-8-33-19)13-17-9-16-10-21(31-2)22(32-3)12-20(16)26-24(17)28/h6-7,9-12,19H,4-5,8,13-14H2,1-3H3,(H,26,28). The van der Waals surface area contributed by atoms with Crippen LogP contribution in [0.4, 0.5) is 0 Å². The Balaban J connectivity index is 1.77. The summed E-state index contributed by atoms with van der Waals surface area (Å²) in [5.41, 5.74) is 1.06. The Bertz CT molecular complexity index is 1370. The van der Waals surface area contributed by atoms with Crippen LogP contribution in [0.3, 0.4) is 0 Å². The van der Waals surface area contributed by atoms with Crippen molar-refractivity contribution in [2.75, 3.05) is 27.4 Å². The van der Waals surface area contributed by atoms with Gasteiger partial charge < -0.3 is 19.2 Å². The van der Waals surface area contributed by atoms with E-state index in [1.165, 1.54) is 24.6 Å². The molecular weight excluding hydrogens is 480 g/mol. The van der Waals surface area contributed by atoms with Crippen molar-refractivity contribution in [2.24, 2.45) is 0 Å². The number of aromatic nitrogens is 1. The Morgan fingerprint density at radius 3 is 2.56 bits per heavy atom. The first kappa shape index (κ1) is 24.5. The smallest absolute Gasteiger partial charge is 0.252 e. The predicted molar refractivity (Wildman–Crippen MR) is 130 cm³/mol. The number of sulfonamides is 1. The number of hydrogen-bond acceptors (Lipinski definition) is 6. The van der Waals surface area contributed by atoms with E-state index in [1.807, 2.05) is 0 Å². The largest absolute Gasteiger partial charge is 0.493 e. The van der Waals surface area contributed by atoms with Gasteiger partial charge in [-0.3, -0.25) is 4.79 Å². The molecule has 0 aliphatic carbocycles. The Morgan fingerprint density at radius 1 is 1.15 bits per heavy atom. The van der Waals surface area contributed by atoms with Crippen LogP contribution in [0.25, 0.3) is 10.9 Å². The SMILES string of the molecule is COc1cc2cc(CN(CC3CCCO3)S(=O)(=O)c3cc(Cl)ccc3C)c(=O)[nH]c2cc1OC. The summed E-state index contributed by atoms with van der Waals surface area (Å²) in [6, 6.07) is 9.86. The molecule has 182 valence electrons. The minimum absolute atomic E-state index is 0.113. The predicted octanol–water partition coefficient (Wildman–Crippen LogP) is 3.88. The summed E-state index contributed by atoms with van der Waals surface area (Å²) < 4.78 is 45.1. The monoisotopic (exact) mass is 506 g/mol. The van der Waals surface area contributed by atoms with Gasteiger partial charge in [0.05, 0.1) is 30.7 Å². The lowest BCUT2D eigenvalue weighted by Gasteiger charge is -2.25. The molecule has 1 fully saturated rings. The minimum Gasteiger partial charge on any atom is -0.493 e. The molecule has 0 saturated carbocycles. The van der Waals surface area contributed by atoms with E-state index in [4.69, 9.17) is 25.8 Å².